The molecule has 1 atom stereocenters. The molecule has 10 heteroatoms. The summed E-state index contributed by atoms with van der Waals surface area (Å²) in [5.74, 6) is -2.51. The molecule has 37 heavy (non-hydrogen) atoms. The number of hydrogen-bond donors (Lipinski definition) is 2. The molecule has 3 heterocycles. The standard InChI is InChI=1S/C27H24F2N4O4/c1-37-23-4-2-17(3-5-23)16-32-8-6-19-12-22(15-30-24(19)32)33-9-7-27(36,26(33)35)25(34)31-14-18-10-20(28)13-21(29)11-18/h2-6,8,10-13,15,36H,7,9,14,16H2,1H3,(H,31,34)/t27-/m0/s1. The van der Waals surface area contributed by atoms with Gasteiger partial charge in [0, 0.05) is 43.7 Å². The van der Waals surface area contributed by atoms with Crippen LogP contribution in [0.4, 0.5) is 14.5 Å². The fourth-order valence-electron chi connectivity index (χ4n) is 4.47. The van der Waals surface area contributed by atoms with E-state index in [2.05, 4.69) is 10.3 Å². The minimum atomic E-state index is -2.29. The van der Waals surface area contributed by atoms with Crippen LogP contribution in [0, 0.1) is 11.6 Å². The summed E-state index contributed by atoms with van der Waals surface area (Å²) in [7, 11) is 1.61. The van der Waals surface area contributed by atoms with Crippen LogP contribution in [0.2, 0.25) is 0 Å². The first-order valence-electron chi connectivity index (χ1n) is 11.6. The Bertz CT molecular complexity index is 1470. The van der Waals surface area contributed by atoms with Crippen molar-refractivity contribution in [2.24, 2.45) is 0 Å². The van der Waals surface area contributed by atoms with Gasteiger partial charge in [-0.25, -0.2) is 13.8 Å². The van der Waals surface area contributed by atoms with Gasteiger partial charge < -0.3 is 24.6 Å². The summed E-state index contributed by atoms with van der Waals surface area (Å²) in [6, 6.07) is 14.2. The van der Waals surface area contributed by atoms with Gasteiger partial charge in [-0.05, 0) is 47.5 Å². The Hall–Kier alpha value is -4.31. The molecule has 2 amide bonds. The molecule has 190 valence electrons. The number of methoxy groups -OCH3 is 1. The van der Waals surface area contributed by atoms with Crippen molar-refractivity contribution in [1.82, 2.24) is 14.9 Å². The van der Waals surface area contributed by atoms with Crippen molar-refractivity contribution in [3.8, 4) is 5.75 Å². The number of aliphatic hydroxyl groups is 1. The van der Waals surface area contributed by atoms with Gasteiger partial charge in [0.15, 0.2) is 0 Å². The number of benzene rings is 2. The van der Waals surface area contributed by atoms with Crippen LogP contribution < -0.4 is 15.0 Å². The molecule has 1 aliphatic heterocycles. The van der Waals surface area contributed by atoms with Crippen LogP contribution in [0.5, 0.6) is 5.75 Å². The molecule has 0 spiro atoms. The summed E-state index contributed by atoms with van der Waals surface area (Å²) in [5.41, 5.74) is 0.125. The maximum Gasteiger partial charge on any atom is 0.268 e. The molecule has 4 aromatic rings. The van der Waals surface area contributed by atoms with E-state index in [4.69, 9.17) is 4.74 Å². The molecule has 1 aliphatic rings. The van der Waals surface area contributed by atoms with E-state index < -0.39 is 29.0 Å². The van der Waals surface area contributed by atoms with Crippen LogP contribution in [0.15, 0.2) is 67.0 Å². The average molecular weight is 507 g/mol. The number of ether oxygens (including phenoxy) is 1. The second-order valence-corrected chi connectivity index (χ2v) is 8.93. The van der Waals surface area contributed by atoms with E-state index in [-0.39, 0.29) is 25.1 Å². The van der Waals surface area contributed by atoms with Gasteiger partial charge >= 0.3 is 0 Å². The van der Waals surface area contributed by atoms with Crippen molar-refractivity contribution in [1.29, 1.82) is 0 Å². The lowest BCUT2D eigenvalue weighted by atomic mass is 10.0. The predicted molar refractivity (Wildman–Crippen MR) is 132 cm³/mol. The van der Waals surface area contributed by atoms with Crippen molar-refractivity contribution < 1.29 is 28.2 Å². The number of amides is 2. The molecule has 0 saturated carbocycles. The van der Waals surface area contributed by atoms with Gasteiger partial charge in [0.05, 0.1) is 19.0 Å². The second-order valence-electron chi connectivity index (χ2n) is 8.93. The lowest BCUT2D eigenvalue weighted by Gasteiger charge is -2.21. The van der Waals surface area contributed by atoms with E-state index in [0.717, 1.165) is 40.5 Å². The highest BCUT2D eigenvalue weighted by Gasteiger charge is 2.51. The molecule has 2 aromatic heterocycles. The van der Waals surface area contributed by atoms with Gasteiger partial charge in [-0.2, -0.15) is 0 Å². The zero-order valence-electron chi connectivity index (χ0n) is 19.9. The zero-order chi connectivity index (χ0) is 26.2. The van der Waals surface area contributed by atoms with Gasteiger partial charge in [0.1, 0.15) is 23.0 Å². The van der Waals surface area contributed by atoms with Gasteiger partial charge in [-0.3, -0.25) is 9.59 Å². The molecule has 0 radical (unpaired) electrons. The van der Waals surface area contributed by atoms with Crippen LogP contribution in [0.3, 0.4) is 0 Å². The van der Waals surface area contributed by atoms with Crippen molar-refractivity contribution >= 4 is 28.5 Å². The Balaban J connectivity index is 1.29. The van der Waals surface area contributed by atoms with Gasteiger partial charge in [0.25, 0.3) is 11.8 Å². The molecular weight excluding hydrogens is 482 g/mol. The van der Waals surface area contributed by atoms with Crippen LogP contribution in [-0.2, 0) is 22.7 Å². The fourth-order valence-corrected chi connectivity index (χ4v) is 4.47. The molecule has 0 aliphatic carbocycles. The molecule has 5 rings (SSSR count). The highest BCUT2D eigenvalue weighted by molar-refractivity contribution is 6.16. The third-order valence-electron chi connectivity index (χ3n) is 6.46. The summed E-state index contributed by atoms with van der Waals surface area (Å²) in [6.45, 7) is 0.465. The van der Waals surface area contributed by atoms with E-state index in [0.29, 0.717) is 12.2 Å². The Kier molecular flexibility index (Phi) is 6.34. The zero-order valence-corrected chi connectivity index (χ0v) is 19.9. The fraction of sp³-hybridized carbons (Fsp3) is 0.222. The minimum absolute atomic E-state index is 0.108. The largest absolute Gasteiger partial charge is 0.497 e. The minimum Gasteiger partial charge on any atom is -0.497 e. The number of rotatable bonds is 7. The van der Waals surface area contributed by atoms with Crippen LogP contribution in [-0.4, -0.2) is 45.7 Å². The quantitative estimate of drug-likeness (QED) is 0.376. The van der Waals surface area contributed by atoms with E-state index in [1.807, 2.05) is 41.1 Å². The highest BCUT2D eigenvalue weighted by atomic mass is 19.1. The third kappa shape index (κ3) is 4.75. The SMILES string of the molecule is COc1ccc(Cn2ccc3cc(N4CC[C@](O)(C(=O)NCc5cc(F)cc(F)c5)C4=O)cnc32)cc1. The number of nitrogens with zero attached hydrogens (tertiary/aromatic N) is 3. The summed E-state index contributed by atoms with van der Waals surface area (Å²) < 4.78 is 34.0. The maximum absolute atomic E-state index is 13.4. The molecular formula is C27H24F2N4O4. The number of pyridine rings is 1. The van der Waals surface area contributed by atoms with Crippen molar-refractivity contribution in [2.45, 2.75) is 25.1 Å². The van der Waals surface area contributed by atoms with E-state index in [9.17, 15) is 23.5 Å². The average Bonchev–Trinajstić information content (AvgIpc) is 3.42. The number of carbonyl (C=O) groups excluding carboxylic acids is 2. The monoisotopic (exact) mass is 506 g/mol. The number of carbonyl (C=O) groups is 2. The normalized spacial score (nSPS) is 17.4. The first-order valence-corrected chi connectivity index (χ1v) is 11.6. The van der Waals surface area contributed by atoms with E-state index in [1.54, 1.807) is 13.2 Å². The molecule has 2 N–H and O–H groups in total. The topological polar surface area (TPSA) is 96.7 Å². The first kappa shape index (κ1) is 24.4. The lowest BCUT2D eigenvalue weighted by Crippen LogP contribution is -2.52. The smallest absolute Gasteiger partial charge is 0.268 e. The maximum atomic E-state index is 13.4. The number of hydrogen-bond acceptors (Lipinski definition) is 5. The van der Waals surface area contributed by atoms with Crippen LogP contribution in [0.1, 0.15) is 17.5 Å². The van der Waals surface area contributed by atoms with Crippen LogP contribution >= 0.6 is 0 Å². The Morgan fingerprint density at radius 2 is 1.84 bits per heavy atom. The number of aromatic nitrogens is 2. The van der Waals surface area contributed by atoms with Crippen molar-refractivity contribution in [2.75, 3.05) is 18.6 Å². The molecule has 0 unspecified atom stereocenters. The number of fused-ring (bicyclic) bond motifs is 1. The number of anilines is 1. The second kappa shape index (κ2) is 9.62. The summed E-state index contributed by atoms with van der Waals surface area (Å²) in [4.78, 5) is 31.6. The highest BCUT2D eigenvalue weighted by Crippen LogP contribution is 2.30. The molecule has 1 fully saturated rings. The Morgan fingerprint density at radius 3 is 2.54 bits per heavy atom. The number of halogens is 2. The van der Waals surface area contributed by atoms with Crippen molar-refractivity contribution in [3.05, 3.63) is 89.8 Å². The van der Waals surface area contributed by atoms with E-state index >= 15 is 0 Å². The van der Waals surface area contributed by atoms with Crippen LogP contribution in [0.25, 0.3) is 11.0 Å². The molecule has 2 aromatic carbocycles. The first-order chi connectivity index (χ1) is 17.8. The summed E-state index contributed by atoms with van der Waals surface area (Å²) >= 11 is 0. The van der Waals surface area contributed by atoms with Crippen molar-refractivity contribution in [3.63, 3.8) is 0 Å². The van der Waals surface area contributed by atoms with Gasteiger partial charge in [-0.1, -0.05) is 12.1 Å². The van der Waals surface area contributed by atoms with E-state index in [1.165, 1.54) is 11.1 Å². The van der Waals surface area contributed by atoms with Gasteiger partial charge in [0.2, 0.25) is 5.60 Å². The number of nitrogens with one attached hydrogen (secondary N) is 1. The lowest BCUT2D eigenvalue weighted by molar-refractivity contribution is -0.149. The molecule has 0 bridgehead atoms. The predicted octanol–water partition coefficient (Wildman–Crippen LogP) is 3.16. The van der Waals surface area contributed by atoms with Gasteiger partial charge in [-0.15, -0.1) is 0 Å². The summed E-state index contributed by atoms with van der Waals surface area (Å²) in [6.07, 6.45) is 3.30. The molecule has 8 nitrogen and oxygen atoms in total. The Labute approximate surface area is 211 Å². The molecule has 1 saturated heterocycles. The third-order valence-corrected chi connectivity index (χ3v) is 6.46. The Morgan fingerprint density at radius 1 is 1.11 bits per heavy atom. The summed E-state index contributed by atoms with van der Waals surface area (Å²) in [5, 5.41) is 14.1.